The Morgan fingerprint density at radius 2 is 1.11 bits per heavy atom. The predicted molar refractivity (Wildman–Crippen MR) is 169 cm³/mol. The SMILES string of the molecule is C.Cc1cc(Br)cnc1N.Cc1cnc(N)c(C)c1.Nc1cnc(Br)cn1.Nc1ncc(Br)cc1I. The van der Waals surface area contributed by atoms with Crippen molar-refractivity contribution in [1.82, 2.24) is 24.9 Å². The summed E-state index contributed by atoms with van der Waals surface area (Å²) in [5, 5.41) is 0. The molecule has 0 saturated carbocycles. The van der Waals surface area contributed by atoms with Crippen LogP contribution in [0.5, 0.6) is 0 Å². The minimum Gasteiger partial charge on any atom is -0.383 e. The van der Waals surface area contributed by atoms with Gasteiger partial charge in [0.25, 0.3) is 0 Å². The van der Waals surface area contributed by atoms with E-state index >= 15 is 0 Å². The third kappa shape index (κ3) is 13.8. The second-order valence-corrected chi connectivity index (χ2v) is 10.7. The Labute approximate surface area is 250 Å². The van der Waals surface area contributed by atoms with Crippen molar-refractivity contribution in [1.29, 1.82) is 0 Å². The first-order valence-electron chi connectivity index (χ1n) is 9.75. The minimum absolute atomic E-state index is 0. The number of aryl methyl sites for hydroxylation is 3. The van der Waals surface area contributed by atoms with Crippen LogP contribution in [-0.2, 0) is 0 Å². The highest BCUT2D eigenvalue weighted by Gasteiger charge is 1.95. The topological polar surface area (TPSA) is 169 Å². The highest BCUT2D eigenvalue weighted by molar-refractivity contribution is 14.1. The van der Waals surface area contributed by atoms with E-state index in [0.717, 1.165) is 29.2 Å². The van der Waals surface area contributed by atoms with Gasteiger partial charge in [-0.15, -0.1) is 0 Å². The van der Waals surface area contributed by atoms with E-state index < -0.39 is 0 Å². The van der Waals surface area contributed by atoms with Crippen molar-refractivity contribution in [3.05, 3.63) is 83.0 Å². The molecular formula is C23H29Br3IN9. The number of anilines is 4. The van der Waals surface area contributed by atoms with E-state index in [1.54, 1.807) is 24.8 Å². The van der Waals surface area contributed by atoms with Crippen LogP contribution in [-0.4, -0.2) is 24.9 Å². The van der Waals surface area contributed by atoms with Crippen LogP contribution in [0, 0.1) is 24.3 Å². The molecule has 0 saturated heterocycles. The zero-order valence-corrected chi connectivity index (χ0v) is 26.1. The number of hydrogen-bond donors (Lipinski definition) is 4. The lowest BCUT2D eigenvalue weighted by molar-refractivity contribution is 1.17. The molecule has 0 spiro atoms. The zero-order chi connectivity index (χ0) is 26.5. The Balaban J connectivity index is 0.000000450. The first-order valence-corrected chi connectivity index (χ1v) is 13.2. The molecule has 36 heavy (non-hydrogen) atoms. The number of nitrogens with zero attached hydrogens (tertiary/aromatic N) is 5. The molecule has 8 N–H and O–H groups in total. The van der Waals surface area contributed by atoms with Crippen LogP contribution in [0.2, 0.25) is 0 Å². The van der Waals surface area contributed by atoms with E-state index in [1.807, 2.05) is 39.0 Å². The predicted octanol–water partition coefficient (Wildman–Crippen LogP) is 6.50. The van der Waals surface area contributed by atoms with E-state index in [2.05, 4.69) is 95.3 Å². The number of pyridine rings is 3. The third-order valence-electron chi connectivity index (χ3n) is 3.82. The van der Waals surface area contributed by atoms with Crippen LogP contribution in [0.4, 0.5) is 23.3 Å². The van der Waals surface area contributed by atoms with Crippen LogP contribution >= 0.6 is 70.4 Å². The van der Waals surface area contributed by atoms with Crippen LogP contribution in [0.1, 0.15) is 24.1 Å². The van der Waals surface area contributed by atoms with E-state index in [9.17, 15) is 0 Å². The monoisotopic (exact) mass is 795 g/mol. The van der Waals surface area contributed by atoms with Crippen molar-refractivity contribution < 1.29 is 0 Å². The zero-order valence-electron chi connectivity index (χ0n) is 19.2. The summed E-state index contributed by atoms with van der Waals surface area (Å²) in [5.41, 5.74) is 24.8. The minimum atomic E-state index is 0. The number of aromatic nitrogens is 5. The van der Waals surface area contributed by atoms with Crippen LogP contribution in [0.25, 0.3) is 0 Å². The van der Waals surface area contributed by atoms with Gasteiger partial charge in [-0.1, -0.05) is 13.5 Å². The fourth-order valence-electron chi connectivity index (χ4n) is 2.02. The fraction of sp³-hybridized carbons (Fsp3) is 0.174. The maximum absolute atomic E-state index is 5.48. The van der Waals surface area contributed by atoms with Crippen molar-refractivity contribution >= 4 is 93.7 Å². The first-order chi connectivity index (χ1) is 16.4. The van der Waals surface area contributed by atoms with Gasteiger partial charge in [0.15, 0.2) is 0 Å². The Kier molecular flexibility index (Phi) is 16.4. The Hall–Kier alpha value is -2.10. The molecule has 194 valence electrons. The summed E-state index contributed by atoms with van der Waals surface area (Å²) in [7, 11) is 0. The normalized spacial score (nSPS) is 9.19. The molecule has 4 heterocycles. The van der Waals surface area contributed by atoms with Gasteiger partial charge in [0.2, 0.25) is 0 Å². The Bertz CT molecular complexity index is 1090. The Morgan fingerprint density at radius 1 is 0.611 bits per heavy atom. The summed E-state index contributed by atoms with van der Waals surface area (Å²) in [6.45, 7) is 5.88. The molecule has 4 aromatic heterocycles. The van der Waals surface area contributed by atoms with Crippen molar-refractivity contribution in [3.8, 4) is 0 Å². The van der Waals surface area contributed by atoms with E-state index in [4.69, 9.17) is 22.9 Å². The average Bonchev–Trinajstić information content (AvgIpc) is 2.80. The van der Waals surface area contributed by atoms with Crippen molar-refractivity contribution in [2.45, 2.75) is 28.2 Å². The molecule has 0 atom stereocenters. The number of hydrogen-bond acceptors (Lipinski definition) is 9. The molecule has 4 rings (SSSR count). The van der Waals surface area contributed by atoms with E-state index in [-0.39, 0.29) is 7.43 Å². The molecule has 0 aliphatic rings. The second-order valence-electron chi connectivity index (χ2n) is 6.86. The lowest BCUT2D eigenvalue weighted by Gasteiger charge is -1.97. The highest BCUT2D eigenvalue weighted by Crippen LogP contribution is 2.16. The molecule has 0 radical (unpaired) electrons. The molecule has 13 heteroatoms. The maximum Gasteiger partial charge on any atom is 0.141 e. The summed E-state index contributed by atoms with van der Waals surface area (Å²) in [6, 6.07) is 5.87. The van der Waals surface area contributed by atoms with Gasteiger partial charge < -0.3 is 22.9 Å². The molecule has 4 aromatic rings. The molecule has 0 amide bonds. The number of nitrogens with two attached hydrogens (primary N) is 4. The number of rotatable bonds is 0. The van der Waals surface area contributed by atoms with Gasteiger partial charge in [-0.2, -0.15) is 0 Å². The Morgan fingerprint density at radius 3 is 1.47 bits per heavy atom. The van der Waals surface area contributed by atoms with Gasteiger partial charge in [-0.3, -0.25) is 0 Å². The summed E-state index contributed by atoms with van der Waals surface area (Å²) in [6.07, 6.45) is 8.17. The first kappa shape index (κ1) is 33.9. The fourth-order valence-corrected chi connectivity index (χ4v) is 3.91. The molecule has 0 unspecified atom stereocenters. The standard InChI is InChI=1S/C7H10N2.C6H7BrN2.C5H4BrIN2.C4H4BrN3.CH4/c1-5-3-6(2)7(8)9-4-5;1-4-2-5(7)3-9-6(4)8;6-3-1-4(7)5(8)9-2-3;5-3-1-8-4(6)2-7-3;/h3-4H,1-2H3,(H2,8,9);2-3H,1H3,(H2,8,9);1-2H,(H2,8,9);1-2H,(H2,6,8);1H4. The van der Waals surface area contributed by atoms with Gasteiger partial charge in [0.1, 0.15) is 27.9 Å². The molecule has 9 nitrogen and oxygen atoms in total. The second kappa shape index (κ2) is 17.4. The smallest absolute Gasteiger partial charge is 0.141 e. The van der Waals surface area contributed by atoms with Gasteiger partial charge in [0, 0.05) is 27.5 Å². The summed E-state index contributed by atoms with van der Waals surface area (Å²) < 4.78 is 3.60. The molecule has 0 bridgehead atoms. The van der Waals surface area contributed by atoms with Crippen LogP contribution in [0.15, 0.2) is 62.7 Å². The van der Waals surface area contributed by atoms with Crippen molar-refractivity contribution in [3.63, 3.8) is 0 Å². The average molecular weight is 798 g/mol. The molecular weight excluding hydrogens is 769 g/mol. The lowest BCUT2D eigenvalue weighted by atomic mass is 10.2. The summed E-state index contributed by atoms with van der Waals surface area (Å²) in [4.78, 5) is 19.3. The highest BCUT2D eigenvalue weighted by atomic mass is 127. The van der Waals surface area contributed by atoms with Crippen molar-refractivity contribution in [2.24, 2.45) is 0 Å². The number of nitrogen functional groups attached to an aromatic ring is 4. The number of halogens is 4. The van der Waals surface area contributed by atoms with Crippen LogP contribution in [0.3, 0.4) is 0 Å². The van der Waals surface area contributed by atoms with Gasteiger partial charge >= 0.3 is 0 Å². The maximum atomic E-state index is 5.48. The summed E-state index contributed by atoms with van der Waals surface area (Å²) >= 11 is 11.8. The van der Waals surface area contributed by atoms with Crippen molar-refractivity contribution in [2.75, 3.05) is 22.9 Å². The van der Waals surface area contributed by atoms with Crippen LogP contribution < -0.4 is 22.9 Å². The van der Waals surface area contributed by atoms with Gasteiger partial charge in [-0.05, 0) is 120 Å². The molecule has 0 aromatic carbocycles. The quantitative estimate of drug-likeness (QED) is 0.145. The van der Waals surface area contributed by atoms with E-state index in [1.165, 1.54) is 6.20 Å². The third-order valence-corrected chi connectivity index (χ3v) is 5.96. The molecule has 0 aliphatic carbocycles. The summed E-state index contributed by atoms with van der Waals surface area (Å²) in [5.74, 6) is 2.24. The molecule has 0 aliphatic heterocycles. The van der Waals surface area contributed by atoms with Gasteiger partial charge in [-0.25, -0.2) is 24.9 Å². The largest absolute Gasteiger partial charge is 0.383 e. The van der Waals surface area contributed by atoms with E-state index in [0.29, 0.717) is 27.9 Å². The lowest BCUT2D eigenvalue weighted by Crippen LogP contribution is -1.93. The van der Waals surface area contributed by atoms with Gasteiger partial charge in [0.05, 0.1) is 16.0 Å². The molecule has 0 fully saturated rings.